The highest BCUT2D eigenvalue weighted by Crippen LogP contribution is 2.22. The van der Waals surface area contributed by atoms with Crippen molar-refractivity contribution in [3.8, 4) is 0 Å². The summed E-state index contributed by atoms with van der Waals surface area (Å²) < 4.78 is 1.23. The Morgan fingerprint density at radius 1 is 1.25 bits per heavy atom. The molecule has 12 heavy (non-hydrogen) atoms. The molecule has 0 aliphatic rings. The largest absolute Gasteiger partial charge is 0.395 e. The van der Waals surface area contributed by atoms with E-state index >= 15 is 0 Å². The third kappa shape index (κ3) is 2.20. The summed E-state index contributed by atoms with van der Waals surface area (Å²) in [6.45, 7) is 4.26. The molecule has 0 aliphatic heterocycles. The Labute approximate surface area is 86.9 Å². The Morgan fingerprint density at radius 3 is 2.17 bits per heavy atom. The summed E-state index contributed by atoms with van der Waals surface area (Å²) in [7, 11) is 0. The predicted molar refractivity (Wildman–Crippen MR) is 59.3 cm³/mol. The van der Waals surface area contributed by atoms with Crippen LogP contribution in [0.4, 0.5) is 0 Å². The van der Waals surface area contributed by atoms with E-state index in [0.29, 0.717) is 0 Å². The fourth-order valence-electron chi connectivity index (χ4n) is 0.992. The number of halogens is 1. The topological polar surface area (TPSA) is 20.2 Å². The Morgan fingerprint density at radius 2 is 1.75 bits per heavy atom. The van der Waals surface area contributed by atoms with E-state index in [1.165, 1.54) is 9.13 Å². The molecule has 0 saturated heterocycles. The molecule has 1 aromatic carbocycles. The highest BCUT2D eigenvalue weighted by atomic mass is 127. The van der Waals surface area contributed by atoms with Crippen LogP contribution >= 0.6 is 22.6 Å². The van der Waals surface area contributed by atoms with Crippen molar-refractivity contribution in [2.45, 2.75) is 19.3 Å². The molecule has 0 amide bonds. The lowest BCUT2D eigenvalue weighted by Gasteiger charge is -2.21. The van der Waals surface area contributed by atoms with Gasteiger partial charge in [-0.1, -0.05) is 26.0 Å². The summed E-state index contributed by atoms with van der Waals surface area (Å²) in [5.74, 6) is 0. The first-order valence-corrected chi connectivity index (χ1v) is 5.01. The summed E-state index contributed by atoms with van der Waals surface area (Å²) >= 11 is 2.27. The maximum Gasteiger partial charge on any atom is 0.0522 e. The molecule has 0 spiro atoms. The normalized spacial score (nSPS) is 11.7. The highest BCUT2D eigenvalue weighted by molar-refractivity contribution is 14.1. The van der Waals surface area contributed by atoms with Gasteiger partial charge in [0, 0.05) is 8.99 Å². The lowest BCUT2D eigenvalue weighted by molar-refractivity contribution is 0.218. The van der Waals surface area contributed by atoms with Crippen LogP contribution in [0, 0.1) is 3.57 Å². The van der Waals surface area contributed by atoms with Crippen LogP contribution in [0.2, 0.25) is 0 Å². The van der Waals surface area contributed by atoms with Crippen LogP contribution in [0.1, 0.15) is 19.4 Å². The molecular weight excluding hydrogens is 263 g/mol. The number of aliphatic hydroxyl groups is 1. The Hall–Kier alpha value is -0.0900. The van der Waals surface area contributed by atoms with Crippen LogP contribution in [-0.2, 0) is 5.41 Å². The molecule has 0 atom stereocenters. The summed E-state index contributed by atoms with van der Waals surface area (Å²) in [6, 6.07) is 8.26. The molecule has 1 aromatic rings. The number of aliphatic hydroxyl groups excluding tert-OH is 1. The second kappa shape index (κ2) is 3.75. The van der Waals surface area contributed by atoms with Crippen LogP contribution in [0.3, 0.4) is 0 Å². The van der Waals surface area contributed by atoms with Crippen LogP contribution in [-0.4, -0.2) is 11.7 Å². The maximum absolute atomic E-state index is 9.11. The number of hydrogen-bond donors (Lipinski definition) is 1. The third-order valence-corrected chi connectivity index (χ3v) is 2.74. The maximum atomic E-state index is 9.11. The van der Waals surface area contributed by atoms with Crippen LogP contribution < -0.4 is 0 Å². The first-order valence-electron chi connectivity index (χ1n) is 3.93. The van der Waals surface area contributed by atoms with Gasteiger partial charge in [-0.05, 0) is 40.3 Å². The lowest BCUT2D eigenvalue weighted by Crippen LogP contribution is -2.21. The van der Waals surface area contributed by atoms with E-state index in [4.69, 9.17) is 5.11 Å². The molecule has 0 bridgehead atoms. The molecule has 1 rings (SSSR count). The van der Waals surface area contributed by atoms with Crippen molar-refractivity contribution in [1.82, 2.24) is 0 Å². The minimum atomic E-state index is -0.121. The van der Waals surface area contributed by atoms with Crippen molar-refractivity contribution in [3.05, 3.63) is 33.4 Å². The Bertz CT molecular complexity index is 251. The Kier molecular flexibility index (Phi) is 3.12. The second-order valence-corrected chi connectivity index (χ2v) is 4.79. The van der Waals surface area contributed by atoms with E-state index in [1.54, 1.807) is 0 Å². The van der Waals surface area contributed by atoms with E-state index < -0.39 is 0 Å². The van der Waals surface area contributed by atoms with Gasteiger partial charge in [-0.3, -0.25) is 0 Å². The third-order valence-electron chi connectivity index (χ3n) is 2.02. The number of hydrogen-bond acceptors (Lipinski definition) is 1. The molecule has 0 aromatic heterocycles. The minimum absolute atomic E-state index is 0.121. The van der Waals surface area contributed by atoms with Crippen molar-refractivity contribution in [2.24, 2.45) is 0 Å². The highest BCUT2D eigenvalue weighted by Gasteiger charge is 2.18. The number of rotatable bonds is 2. The quantitative estimate of drug-likeness (QED) is 0.823. The SMILES string of the molecule is CC(C)(CO)c1ccc(I)cc1. The van der Waals surface area contributed by atoms with Crippen LogP contribution in [0.15, 0.2) is 24.3 Å². The molecule has 0 saturated carbocycles. The standard InChI is InChI=1S/C10H13IO/c1-10(2,7-12)8-3-5-9(11)6-4-8/h3-6,12H,7H2,1-2H3. The number of benzene rings is 1. The first-order chi connectivity index (χ1) is 5.56. The van der Waals surface area contributed by atoms with Gasteiger partial charge in [0.1, 0.15) is 0 Å². The predicted octanol–water partition coefficient (Wildman–Crippen LogP) is 2.56. The van der Waals surface area contributed by atoms with E-state index in [9.17, 15) is 0 Å². The molecule has 0 fully saturated rings. The smallest absolute Gasteiger partial charge is 0.0522 e. The zero-order valence-electron chi connectivity index (χ0n) is 7.34. The van der Waals surface area contributed by atoms with Gasteiger partial charge >= 0.3 is 0 Å². The molecule has 0 unspecified atom stereocenters. The average molecular weight is 276 g/mol. The molecule has 0 radical (unpaired) electrons. The second-order valence-electron chi connectivity index (χ2n) is 3.55. The molecule has 0 heterocycles. The van der Waals surface area contributed by atoms with Gasteiger partial charge in [-0.2, -0.15) is 0 Å². The van der Waals surface area contributed by atoms with Gasteiger partial charge in [0.2, 0.25) is 0 Å². The zero-order valence-corrected chi connectivity index (χ0v) is 9.50. The van der Waals surface area contributed by atoms with E-state index in [0.717, 1.165) is 0 Å². The lowest BCUT2D eigenvalue weighted by atomic mass is 9.86. The van der Waals surface area contributed by atoms with Gasteiger partial charge in [0.05, 0.1) is 6.61 Å². The van der Waals surface area contributed by atoms with Crippen LogP contribution in [0.5, 0.6) is 0 Å². The minimum Gasteiger partial charge on any atom is -0.395 e. The summed E-state index contributed by atoms with van der Waals surface area (Å²) in [4.78, 5) is 0. The van der Waals surface area contributed by atoms with Crippen molar-refractivity contribution < 1.29 is 5.11 Å². The van der Waals surface area contributed by atoms with Crippen molar-refractivity contribution in [3.63, 3.8) is 0 Å². The molecule has 0 aliphatic carbocycles. The summed E-state index contributed by atoms with van der Waals surface area (Å²) in [5, 5.41) is 9.11. The summed E-state index contributed by atoms with van der Waals surface area (Å²) in [6.07, 6.45) is 0. The summed E-state index contributed by atoms with van der Waals surface area (Å²) in [5.41, 5.74) is 1.06. The molecule has 1 N–H and O–H groups in total. The Balaban J connectivity index is 2.96. The fourth-order valence-corrected chi connectivity index (χ4v) is 1.35. The molecule has 66 valence electrons. The van der Waals surface area contributed by atoms with Gasteiger partial charge < -0.3 is 5.11 Å². The van der Waals surface area contributed by atoms with Gasteiger partial charge in [0.15, 0.2) is 0 Å². The van der Waals surface area contributed by atoms with Crippen molar-refractivity contribution >= 4 is 22.6 Å². The first kappa shape index (κ1) is 9.99. The monoisotopic (exact) mass is 276 g/mol. The zero-order chi connectivity index (χ0) is 9.19. The van der Waals surface area contributed by atoms with E-state index in [1.807, 2.05) is 13.8 Å². The van der Waals surface area contributed by atoms with Gasteiger partial charge in [-0.25, -0.2) is 0 Å². The van der Waals surface area contributed by atoms with Crippen molar-refractivity contribution in [1.29, 1.82) is 0 Å². The molecule has 2 heteroatoms. The molecule has 1 nitrogen and oxygen atoms in total. The van der Waals surface area contributed by atoms with Crippen LogP contribution in [0.25, 0.3) is 0 Å². The van der Waals surface area contributed by atoms with Crippen molar-refractivity contribution in [2.75, 3.05) is 6.61 Å². The van der Waals surface area contributed by atoms with E-state index in [2.05, 4.69) is 46.9 Å². The van der Waals surface area contributed by atoms with Gasteiger partial charge in [0.25, 0.3) is 0 Å². The molecular formula is C10H13IO. The van der Waals surface area contributed by atoms with E-state index in [-0.39, 0.29) is 12.0 Å². The average Bonchev–Trinajstić information content (AvgIpc) is 2.05. The fraction of sp³-hybridized carbons (Fsp3) is 0.400. The van der Waals surface area contributed by atoms with Gasteiger partial charge in [-0.15, -0.1) is 0 Å².